The van der Waals surface area contributed by atoms with Gasteiger partial charge in [0.25, 0.3) is 0 Å². The molecular weight excluding hydrogens is 236 g/mol. The van der Waals surface area contributed by atoms with E-state index in [1.54, 1.807) is 11.3 Å². The summed E-state index contributed by atoms with van der Waals surface area (Å²) in [6, 6.07) is 1.10. The number of thiazole rings is 1. The molecule has 1 aromatic heterocycles. The van der Waals surface area contributed by atoms with Crippen molar-refractivity contribution in [1.29, 1.82) is 0 Å². The third-order valence-corrected chi connectivity index (χ3v) is 5.08. The van der Waals surface area contributed by atoms with E-state index in [9.17, 15) is 0 Å². The van der Waals surface area contributed by atoms with E-state index in [1.165, 1.54) is 35.0 Å². The van der Waals surface area contributed by atoms with E-state index in [0.717, 1.165) is 6.42 Å². The van der Waals surface area contributed by atoms with Crippen molar-refractivity contribution < 1.29 is 0 Å². The molecule has 1 atom stereocenters. The van der Waals surface area contributed by atoms with Crippen LogP contribution < -0.4 is 5.32 Å². The van der Waals surface area contributed by atoms with Crippen molar-refractivity contribution in [2.75, 3.05) is 11.5 Å². The second-order valence-corrected chi connectivity index (χ2v) is 6.46. The van der Waals surface area contributed by atoms with Crippen LogP contribution >= 0.6 is 23.1 Å². The molecule has 1 aliphatic rings. The van der Waals surface area contributed by atoms with Crippen LogP contribution in [0.1, 0.15) is 43.4 Å². The number of aryl methyl sites for hydroxylation is 1. The second kappa shape index (κ2) is 6.03. The van der Waals surface area contributed by atoms with Gasteiger partial charge in [0.05, 0.1) is 10.7 Å². The highest BCUT2D eigenvalue weighted by Gasteiger charge is 2.17. The Morgan fingerprint density at radius 3 is 2.88 bits per heavy atom. The molecule has 2 heterocycles. The molecule has 0 aromatic carbocycles. The van der Waals surface area contributed by atoms with E-state index in [1.807, 2.05) is 0 Å². The molecule has 0 aliphatic carbocycles. The third kappa shape index (κ3) is 3.22. The molecule has 2 nitrogen and oxygen atoms in total. The average molecular weight is 256 g/mol. The molecule has 1 aliphatic heterocycles. The molecule has 1 unspecified atom stereocenters. The molecule has 2 rings (SSSR count). The molecule has 16 heavy (non-hydrogen) atoms. The topological polar surface area (TPSA) is 24.9 Å². The lowest BCUT2D eigenvalue weighted by Crippen LogP contribution is -2.34. The predicted molar refractivity (Wildman–Crippen MR) is 73.4 cm³/mol. The van der Waals surface area contributed by atoms with E-state index in [4.69, 9.17) is 0 Å². The number of rotatable bonds is 4. The minimum Gasteiger partial charge on any atom is -0.306 e. The Morgan fingerprint density at radius 1 is 1.50 bits per heavy atom. The first kappa shape index (κ1) is 12.4. The van der Waals surface area contributed by atoms with E-state index in [0.29, 0.717) is 12.1 Å². The fourth-order valence-corrected chi connectivity index (χ4v) is 3.93. The molecule has 1 aromatic rings. The molecule has 1 fully saturated rings. The van der Waals surface area contributed by atoms with Gasteiger partial charge in [0.2, 0.25) is 0 Å². The molecule has 4 heteroatoms. The van der Waals surface area contributed by atoms with Gasteiger partial charge in [-0.3, -0.25) is 0 Å². The Bertz CT molecular complexity index is 319. The van der Waals surface area contributed by atoms with Gasteiger partial charge in [0.15, 0.2) is 0 Å². The van der Waals surface area contributed by atoms with Crippen LogP contribution in [0.2, 0.25) is 0 Å². The molecular formula is C12H20N2S2. The van der Waals surface area contributed by atoms with Gasteiger partial charge in [-0.1, -0.05) is 6.92 Å². The Hall–Kier alpha value is -0.0600. The van der Waals surface area contributed by atoms with E-state index in [2.05, 4.69) is 41.3 Å². The zero-order valence-electron chi connectivity index (χ0n) is 10.0. The van der Waals surface area contributed by atoms with Gasteiger partial charge in [0.1, 0.15) is 0 Å². The zero-order chi connectivity index (χ0) is 11.4. The summed E-state index contributed by atoms with van der Waals surface area (Å²) in [7, 11) is 0. The number of aromatic nitrogens is 1. The highest BCUT2D eigenvalue weighted by Crippen LogP contribution is 2.22. The highest BCUT2D eigenvalue weighted by molar-refractivity contribution is 7.99. The summed E-state index contributed by atoms with van der Waals surface area (Å²) in [5, 5.41) is 7.16. The van der Waals surface area contributed by atoms with Gasteiger partial charge in [-0.25, -0.2) is 4.98 Å². The van der Waals surface area contributed by atoms with E-state index < -0.39 is 0 Å². The summed E-state index contributed by atoms with van der Waals surface area (Å²) >= 11 is 3.86. The van der Waals surface area contributed by atoms with Gasteiger partial charge in [0, 0.05) is 17.5 Å². The largest absolute Gasteiger partial charge is 0.306 e. The molecule has 90 valence electrons. The summed E-state index contributed by atoms with van der Waals surface area (Å²) in [6.45, 7) is 4.40. The SMILES string of the molecule is CCc1nc(C(C)NC2CCSCC2)cs1. The van der Waals surface area contributed by atoms with Crippen molar-refractivity contribution in [2.45, 2.75) is 45.2 Å². The van der Waals surface area contributed by atoms with Gasteiger partial charge in [-0.2, -0.15) is 11.8 Å². The maximum atomic E-state index is 4.64. The Morgan fingerprint density at radius 2 is 2.25 bits per heavy atom. The average Bonchev–Trinajstić information content (AvgIpc) is 2.79. The van der Waals surface area contributed by atoms with Crippen LogP contribution in [0.15, 0.2) is 5.38 Å². The van der Waals surface area contributed by atoms with Crippen LogP contribution in [0.3, 0.4) is 0 Å². The number of nitrogens with one attached hydrogen (secondary N) is 1. The quantitative estimate of drug-likeness (QED) is 0.895. The number of hydrogen-bond donors (Lipinski definition) is 1. The van der Waals surface area contributed by atoms with Crippen LogP contribution in [0, 0.1) is 0 Å². The lowest BCUT2D eigenvalue weighted by molar-refractivity contribution is 0.426. The van der Waals surface area contributed by atoms with Crippen molar-refractivity contribution in [3.63, 3.8) is 0 Å². The predicted octanol–water partition coefficient (Wildman–Crippen LogP) is 3.25. The van der Waals surface area contributed by atoms with Gasteiger partial charge >= 0.3 is 0 Å². The van der Waals surface area contributed by atoms with Gasteiger partial charge in [-0.05, 0) is 37.7 Å². The summed E-state index contributed by atoms with van der Waals surface area (Å²) in [4.78, 5) is 4.64. The first-order valence-corrected chi connectivity index (χ1v) is 8.11. The van der Waals surface area contributed by atoms with Crippen LogP contribution in [-0.4, -0.2) is 22.5 Å². The maximum Gasteiger partial charge on any atom is 0.0926 e. The lowest BCUT2D eigenvalue weighted by Gasteiger charge is -2.25. The summed E-state index contributed by atoms with van der Waals surface area (Å²) in [6.07, 6.45) is 3.66. The van der Waals surface area contributed by atoms with Crippen molar-refractivity contribution >= 4 is 23.1 Å². The third-order valence-electron chi connectivity index (χ3n) is 3.02. The summed E-state index contributed by atoms with van der Waals surface area (Å²) in [5.74, 6) is 2.61. The molecule has 0 amide bonds. The molecule has 0 bridgehead atoms. The Balaban J connectivity index is 1.88. The number of nitrogens with zero attached hydrogens (tertiary/aromatic N) is 1. The fourth-order valence-electron chi connectivity index (χ4n) is 1.99. The van der Waals surface area contributed by atoms with Crippen LogP contribution in [0.5, 0.6) is 0 Å². The smallest absolute Gasteiger partial charge is 0.0926 e. The monoisotopic (exact) mass is 256 g/mol. The van der Waals surface area contributed by atoms with Crippen LogP contribution in [-0.2, 0) is 6.42 Å². The highest BCUT2D eigenvalue weighted by atomic mass is 32.2. The maximum absolute atomic E-state index is 4.64. The van der Waals surface area contributed by atoms with Crippen LogP contribution in [0.25, 0.3) is 0 Å². The second-order valence-electron chi connectivity index (χ2n) is 4.29. The van der Waals surface area contributed by atoms with Gasteiger partial charge < -0.3 is 5.32 Å². The molecule has 0 radical (unpaired) electrons. The minimum atomic E-state index is 0.407. The first-order chi connectivity index (χ1) is 7.79. The molecule has 0 spiro atoms. The van der Waals surface area contributed by atoms with Crippen molar-refractivity contribution in [1.82, 2.24) is 10.3 Å². The Labute approximate surface area is 106 Å². The minimum absolute atomic E-state index is 0.407. The lowest BCUT2D eigenvalue weighted by atomic mass is 10.1. The normalized spacial score (nSPS) is 19.9. The van der Waals surface area contributed by atoms with E-state index >= 15 is 0 Å². The summed E-state index contributed by atoms with van der Waals surface area (Å²) in [5.41, 5.74) is 1.22. The van der Waals surface area contributed by atoms with Gasteiger partial charge in [-0.15, -0.1) is 11.3 Å². The molecule has 1 saturated heterocycles. The summed E-state index contributed by atoms with van der Waals surface area (Å²) < 4.78 is 0. The zero-order valence-corrected chi connectivity index (χ0v) is 11.7. The first-order valence-electron chi connectivity index (χ1n) is 6.07. The molecule has 1 N–H and O–H groups in total. The van der Waals surface area contributed by atoms with Crippen molar-refractivity contribution in [3.05, 3.63) is 16.1 Å². The van der Waals surface area contributed by atoms with Crippen molar-refractivity contribution in [2.24, 2.45) is 0 Å². The number of thioether (sulfide) groups is 1. The standard InChI is InChI=1S/C12H20N2S2/c1-3-12-14-11(8-16-12)9(2)13-10-4-6-15-7-5-10/h8-10,13H,3-7H2,1-2H3. The molecule has 0 saturated carbocycles. The van der Waals surface area contributed by atoms with E-state index in [-0.39, 0.29) is 0 Å². The van der Waals surface area contributed by atoms with Crippen molar-refractivity contribution in [3.8, 4) is 0 Å². The van der Waals surface area contributed by atoms with Crippen LogP contribution in [0.4, 0.5) is 0 Å². The fraction of sp³-hybridized carbons (Fsp3) is 0.750. The Kier molecular flexibility index (Phi) is 4.67. The number of hydrogen-bond acceptors (Lipinski definition) is 4.